The minimum atomic E-state index is -2.58. The highest BCUT2D eigenvalue weighted by Crippen LogP contribution is 2.33. The fourth-order valence-corrected chi connectivity index (χ4v) is 3.01. The molecular weight excluding hydrogens is 312 g/mol. The monoisotopic (exact) mass is 333 g/mol. The number of alkyl halides is 2. The average molecular weight is 333 g/mol. The van der Waals surface area contributed by atoms with E-state index >= 15 is 0 Å². The van der Waals surface area contributed by atoms with Crippen LogP contribution in [0.2, 0.25) is 0 Å². The van der Waals surface area contributed by atoms with Crippen LogP contribution in [0, 0.1) is 13.8 Å². The van der Waals surface area contributed by atoms with Crippen molar-refractivity contribution in [1.29, 1.82) is 0 Å². The molecule has 3 aromatic rings. The molecule has 24 heavy (non-hydrogen) atoms. The van der Waals surface area contributed by atoms with Crippen LogP contribution in [-0.4, -0.2) is 24.5 Å². The van der Waals surface area contributed by atoms with Crippen LogP contribution in [0.1, 0.15) is 43.1 Å². The number of aromatic nitrogens is 5. The normalized spacial score (nSPS) is 11.8. The standard InChI is InChI=1S/C17H21F2N5/c1-5-6-7-24-17-15(11(3)22-24)12(16(18)19)8-14(20-17)13-9-23(4)21-10(13)2/h8-9,16H,5-7H2,1-4H3. The Morgan fingerprint density at radius 2 is 1.92 bits per heavy atom. The zero-order chi connectivity index (χ0) is 17.4. The summed E-state index contributed by atoms with van der Waals surface area (Å²) in [5.74, 6) is 0. The van der Waals surface area contributed by atoms with Crippen molar-refractivity contribution >= 4 is 11.0 Å². The van der Waals surface area contributed by atoms with Crippen LogP contribution >= 0.6 is 0 Å². The van der Waals surface area contributed by atoms with Gasteiger partial charge in [-0.05, 0) is 26.3 Å². The third-order valence-electron chi connectivity index (χ3n) is 4.16. The Kier molecular flexibility index (Phi) is 4.34. The SMILES string of the molecule is CCCCn1nc(C)c2c(C(F)F)cc(-c3cn(C)nc3C)nc21. The lowest BCUT2D eigenvalue weighted by molar-refractivity contribution is 0.153. The van der Waals surface area contributed by atoms with Crippen LogP contribution in [0.25, 0.3) is 22.3 Å². The average Bonchev–Trinajstić information content (AvgIpc) is 3.03. The summed E-state index contributed by atoms with van der Waals surface area (Å²) >= 11 is 0. The van der Waals surface area contributed by atoms with E-state index in [-0.39, 0.29) is 5.56 Å². The van der Waals surface area contributed by atoms with Crippen molar-refractivity contribution in [2.24, 2.45) is 7.05 Å². The molecule has 0 bridgehead atoms. The summed E-state index contributed by atoms with van der Waals surface area (Å²) in [6.45, 7) is 6.36. The van der Waals surface area contributed by atoms with Crippen molar-refractivity contribution in [2.45, 2.75) is 46.6 Å². The fourth-order valence-electron chi connectivity index (χ4n) is 3.01. The van der Waals surface area contributed by atoms with Gasteiger partial charge in [-0.25, -0.2) is 18.4 Å². The second kappa shape index (κ2) is 6.30. The molecule has 0 saturated carbocycles. The third kappa shape index (κ3) is 2.79. The van der Waals surface area contributed by atoms with Crippen LogP contribution in [0.5, 0.6) is 0 Å². The van der Waals surface area contributed by atoms with Crippen molar-refractivity contribution in [2.75, 3.05) is 0 Å². The molecule has 0 spiro atoms. The van der Waals surface area contributed by atoms with Gasteiger partial charge < -0.3 is 0 Å². The summed E-state index contributed by atoms with van der Waals surface area (Å²) in [6.07, 6.45) is 1.16. The number of unbranched alkanes of at least 4 members (excludes halogenated alkanes) is 1. The predicted molar refractivity (Wildman–Crippen MR) is 89.1 cm³/mol. The second-order valence-corrected chi connectivity index (χ2v) is 6.06. The molecule has 0 radical (unpaired) electrons. The largest absolute Gasteiger partial charge is 0.275 e. The molecule has 0 aliphatic heterocycles. The molecule has 0 atom stereocenters. The lowest BCUT2D eigenvalue weighted by Crippen LogP contribution is -2.02. The van der Waals surface area contributed by atoms with E-state index in [1.807, 2.05) is 6.92 Å². The summed E-state index contributed by atoms with van der Waals surface area (Å²) in [5.41, 5.74) is 3.15. The number of fused-ring (bicyclic) bond motifs is 1. The molecule has 0 aromatic carbocycles. The Balaban J connectivity index is 2.26. The molecular formula is C17H21F2N5. The Morgan fingerprint density at radius 3 is 2.50 bits per heavy atom. The number of hydrogen-bond acceptors (Lipinski definition) is 3. The van der Waals surface area contributed by atoms with Crippen molar-refractivity contribution < 1.29 is 8.78 Å². The number of nitrogens with zero attached hydrogens (tertiary/aromatic N) is 5. The summed E-state index contributed by atoms with van der Waals surface area (Å²) < 4.78 is 30.7. The van der Waals surface area contributed by atoms with E-state index in [1.165, 1.54) is 6.07 Å². The molecule has 7 heteroatoms. The number of halogens is 2. The number of hydrogen-bond donors (Lipinski definition) is 0. The van der Waals surface area contributed by atoms with Gasteiger partial charge in [0, 0.05) is 30.9 Å². The topological polar surface area (TPSA) is 48.5 Å². The van der Waals surface area contributed by atoms with Gasteiger partial charge in [0.2, 0.25) is 0 Å². The van der Waals surface area contributed by atoms with Crippen LogP contribution in [-0.2, 0) is 13.6 Å². The first-order valence-corrected chi connectivity index (χ1v) is 8.09. The summed E-state index contributed by atoms with van der Waals surface area (Å²) in [7, 11) is 1.80. The Hall–Kier alpha value is -2.31. The first kappa shape index (κ1) is 16.5. The van der Waals surface area contributed by atoms with Gasteiger partial charge >= 0.3 is 0 Å². The second-order valence-electron chi connectivity index (χ2n) is 6.06. The zero-order valence-electron chi connectivity index (χ0n) is 14.3. The maximum Gasteiger partial charge on any atom is 0.264 e. The molecule has 0 fully saturated rings. The third-order valence-corrected chi connectivity index (χ3v) is 4.16. The van der Waals surface area contributed by atoms with Gasteiger partial charge in [-0.2, -0.15) is 10.2 Å². The van der Waals surface area contributed by atoms with E-state index < -0.39 is 6.43 Å². The summed E-state index contributed by atoms with van der Waals surface area (Å²) in [6, 6.07) is 1.47. The van der Waals surface area contributed by atoms with E-state index in [0.29, 0.717) is 29.0 Å². The van der Waals surface area contributed by atoms with Gasteiger partial charge in [0.25, 0.3) is 6.43 Å². The van der Waals surface area contributed by atoms with Crippen molar-refractivity contribution in [3.05, 3.63) is 29.2 Å². The molecule has 3 rings (SSSR count). The minimum absolute atomic E-state index is 0.0153. The van der Waals surface area contributed by atoms with E-state index in [0.717, 1.165) is 24.1 Å². The van der Waals surface area contributed by atoms with Gasteiger partial charge in [-0.1, -0.05) is 13.3 Å². The molecule has 0 saturated heterocycles. The first-order valence-electron chi connectivity index (χ1n) is 8.09. The Bertz CT molecular complexity index is 879. The summed E-state index contributed by atoms with van der Waals surface area (Å²) in [5, 5.41) is 9.18. The van der Waals surface area contributed by atoms with Gasteiger partial charge in [-0.15, -0.1) is 0 Å². The van der Waals surface area contributed by atoms with Gasteiger partial charge in [0.15, 0.2) is 5.65 Å². The minimum Gasteiger partial charge on any atom is -0.275 e. The smallest absolute Gasteiger partial charge is 0.264 e. The quantitative estimate of drug-likeness (QED) is 0.703. The predicted octanol–water partition coefficient (Wildman–Crippen LogP) is 4.19. The van der Waals surface area contributed by atoms with Crippen molar-refractivity contribution in [3.63, 3.8) is 0 Å². The van der Waals surface area contributed by atoms with Crippen LogP contribution in [0.3, 0.4) is 0 Å². The molecule has 128 valence electrons. The Labute approximate surface area is 139 Å². The van der Waals surface area contributed by atoms with Crippen LogP contribution in [0.4, 0.5) is 8.78 Å². The molecule has 3 heterocycles. The maximum absolute atomic E-state index is 13.7. The van der Waals surface area contributed by atoms with Crippen LogP contribution < -0.4 is 0 Å². The highest BCUT2D eigenvalue weighted by molar-refractivity contribution is 5.85. The highest BCUT2D eigenvalue weighted by Gasteiger charge is 2.22. The number of rotatable bonds is 5. The first-order chi connectivity index (χ1) is 11.4. The van der Waals surface area contributed by atoms with Crippen LogP contribution in [0.15, 0.2) is 12.3 Å². The number of aryl methyl sites for hydroxylation is 4. The van der Waals surface area contributed by atoms with Crippen molar-refractivity contribution in [1.82, 2.24) is 24.5 Å². The van der Waals surface area contributed by atoms with E-state index in [2.05, 4.69) is 22.1 Å². The molecule has 0 unspecified atom stereocenters. The highest BCUT2D eigenvalue weighted by atomic mass is 19.3. The molecule has 5 nitrogen and oxygen atoms in total. The lowest BCUT2D eigenvalue weighted by Gasteiger charge is -2.08. The summed E-state index contributed by atoms with van der Waals surface area (Å²) in [4.78, 5) is 4.65. The van der Waals surface area contributed by atoms with Gasteiger partial charge in [0.05, 0.1) is 22.5 Å². The lowest BCUT2D eigenvalue weighted by atomic mass is 10.1. The van der Waals surface area contributed by atoms with Gasteiger partial charge in [0.1, 0.15) is 0 Å². The Morgan fingerprint density at radius 1 is 1.17 bits per heavy atom. The maximum atomic E-state index is 13.7. The fraction of sp³-hybridized carbons (Fsp3) is 0.471. The van der Waals surface area contributed by atoms with E-state index in [9.17, 15) is 8.78 Å². The van der Waals surface area contributed by atoms with E-state index in [1.54, 1.807) is 29.5 Å². The van der Waals surface area contributed by atoms with Crippen molar-refractivity contribution in [3.8, 4) is 11.3 Å². The van der Waals surface area contributed by atoms with E-state index in [4.69, 9.17) is 0 Å². The molecule has 0 aliphatic rings. The molecule has 0 aliphatic carbocycles. The van der Waals surface area contributed by atoms with Gasteiger partial charge in [-0.3, -0.25) is 4.68 Å². The molecule has 3 aromatic heterocycles. The zero-order valence-corrected chi connectivity index (χ0v) is 14.3. The molecule has 0 N–H and O–H groups in total. The number of pyridine rings is 1. The molecule has 0 amide bonds.